The molecular weight excluding hydrogens is 359 g/mol. The first-order valence-corrected chi connectivity index (χ1v) is 8.94. The Morgan fingerprint density at radius 3 is 2.54 bits per heavy atom. The number of aromatic nitrogens is 2. The standard InChI is InChI=1S/C15H6ClFN2O4S/c16-24(22,23)8-2-4-12-10(6-8)13(20)14-18-11-5-7(17)1-3-9(11)15(21)19(12)14/h1-6H. The van der Waals surface area contributed by atoms with Crippen molar-refractivity contribution in [3.8, 4) is 5.69 Å². The van der Waals surface area contributed by atoms with Gasteiger partial charge < -0.3 is 0 Å². The van der Waals surface area contributed by atoms with Gasteiger partial charge in [0.05, 0.1) is 27.0 Å². The monoisotopic (exact) mass is 364 g/mol. The summed E-state index contributed by atoms with van der Waals surface area (Å²) in [5.74, 6) is -1.41. The molecule has 0 amide bonds. The Morgan fingerprint density at radius 1 is 1.08 bits per heavy atom. The number of hydrogen-bond donors (Lipinski definition) is 0. The van der Waals surface area contributed by atoms with E-state index in [-0.39, 0.29) is 32.9 Å². The highest BCUT2D eigenvalue weighted by atomic mass is 35.7. The molecule has 1 aliphatic heterocycles. The summed E-state index contributed by atoms with van der Waals surface area (Å²) < 4.78 is 37.3. The van der Waals surface area contributed by atoms with Crippen molar-refractivity contribution < 1.29 is 17.6 Å². The van der Waals surface area contributed by atoms with Gasteiger partial charge in [-0.1, -0.05) is 0 Å². The van der Waals surface area contributed by atoms with Gasteiger partial charge in [-0.3, -0.25) is 14.2 Å². The Hall–Kier alpha value is -2.58. The average molecular weight is 365 g/mol. The fourth-order valence-corrected chi connectivity index (χ4v) is 3.48. The molecule has 0 spiro atoms. The Balaban J connectivity index is 2.09. The molecule has 120 valence electrons. The van der Waals surface area contributed by atoms with Crippen molar-refractivity contribution in [2.75, 3.05) is 0 Å². The van der Waals surface area contributed by atoms with Crippen molar-refractivity contribution in [2.45, 2.75) is 4.90 Å². The van der Waals surface area contributed by atoms with Crippen LogP contribution in [0.15, 0.2) is 46.1 Å². The van der Waals surface area contributed by atoms with E-state index in [1.807, 2.05) is 0 Å². The van der Waals surface area contributed by atoms with Crippen molar-refractivity contribution in [1.29, 1.82) is 0 Å². The number of hydrogen-bond acceptors (Lipinski definition) is 5. The molecule has 0 saturated heterocycles. The van der Waals surface area contributed by atoms with E-state index in [1.54, 1.807) is 0 Å². The zero-order valence-corrected chi connectivity index (χ0v) is 13.2. The zero-order chi connectivity index (χ0) is 17.2. The highest BCUT2D eigenvalue weighted by molar-refractivity contribution is 8.13. The topological polar surface area (TPSA) is 86.1 Å². The van der Waals surface area contributed by atoms with Gasteiger partial charge in [0.1, 0.15) is 5.82 Å². The second-order valence-corrected chi connectivity index (χ2v) is 7.75. The highest BCUT2D eigenvalue weighted by Crippen LogP contribution is 2.29. The molecule has 0 aliphatic carbocycles. The van der Waals surface area contributed by atoms with Crippen LogP contribution in [0.1, 0.15) is 16.2 Å². The Morgan fingerprint density at radius 2 is 1.83 bits per heavy atom. The van der Waals surface area contributed by atoms with E-state index >= 15 is 0 Å². The van der Waals surface area contributed by atoms with Crippen molar-refractivity contribution in [1.82, 2.24) is 9.55 Å². The first-order valence-electron chi connectivity index (χ1n) is 6.63. The van der Waals surface area contributed by atoms with Crippen LogP contribution < -0.4 is 5.56 Å². The fourth-order valence-electron chi connectivity index (χ4n) is 2.70. The molecule has 0 bridgehead atoms. The summed E-state index contributed by atoms with van der Waals surface area (Å²) in [5, 5.41) is 0.148. The van der Waals surface area contributed by atoms with Gasteiger partial charge in [-0.25, -0.2) is 17.8 Å². The van der Waals surface area contributed by atoms with Gasteiger partial charge in [0.25, 0.3) is 14.6 Å². The third-order valence-corrected chi connectivity index (χ3v) is 5.12. The van der Waals surface area contributed by atoms with Gasteiger partial charge >= 0.3 is 0 Å². The fraction of sp³-hybridized carbons (Fsp3) is 0. The van der Waals surface area contributed by atoms with E-state index in [2.05, 4.69) is 4.98 Å². The first kappa shape index (κ1) is 15.0. The van der Waals surface area contributed by atoms with Crippen molar-refractivity contribution in [3.63, 3.8) is 0 Å². The smallest absolute Gasteiger partial charge is 0.266 e. The SMILES string of the molecule is O=C1c2cc(S(=O)(=O)Cl)ccc2-n2c1nc1cc(F)ccc1c2=O. The molecular formula is C15H6ClFN2O4S. The van der Waals surface area contributed by atoms with Crippen LogP contribution in [-0.2, 0) is 9.05 Å². The number of benzene rings is 2. The maximum absolute atomic E-state index is 13.3. The third-order valence-electron chi connectivity index (χ3n) is 3.77. The lowest BCUT2D eigenvalue weighted by Crippen LogP contribution is -2.21. The Kier molecular flexibility index (Phi) is 2.94. The molecule has 1 aliphatic rings. The summed E-state index contributed by atoms with van der Waals surface area (Å²) in [7, 11) is 1.26. The van der Waals surface area contributed by atoms with Crippen LogP contribution in [0.4, 0.5) is 4.39 Å². The molecule has 0 N–H and O–H groups in total. The maximum Gasteiger partial charge on any atom is 0.266 e. The van der Waals surface area contributed by atoms with E-state index in [1.165, 1.54) is 18.2 Å². The van der Waals surface area contributed by atoms with Crippen molar-refractivity contribution in [2.24, 2.45) is 0 Å². The van der Waals surface area contributed by atoms with E-state index in [0.29, 0.717) is 0 Å². The van der Waals surface area contributed by atoms with E-state index in [4.69, 9.17) is 10.7 Å². The number of halogens is 2. The van der Waals surface area contributed by atoms with Crippen LogP contribution in [0.2, 0.25) is 0 Å². The molecule has 9 heteroatoms. The molecule has 1 aromatic heterocycles. The number of rotatable bonds is 1. The van der Waals surface area contributed by atoms with Gasteiger partial charge in [0, 0.05) is 16.7 Å². The highest BCUT2D eigenvalue weighted by Gasteiger charge is 2.31. The lowest BCUT2D eigenvalue weighted by atomic mass is 10.1. The number of ketones is 1. The second kappa shape index (κ2) is 4.71. The minimum atomic E-state index is -4.03. The van der Waals surface area contributed by atoms with Crippen LogP contribution in [0.25, 0.3) is 16.6 Å². The van der Waals surface area contributed by atoms with E-state index in [0.717, 1.165) is 22.8 Å². The first-order chi connectivity index (χ1) is 11.3. The molecule has 4 rings (SSSR count). The molecule has 6 nitrogen and oxygen atoms in total. The summed E-state index contributed by atoms with van der Waals surface area (Å²) in [6.45, 7) is 0. The van der Waals surface area contributed by atoms with Crippen LogP contribution in [0.3, 0.4) is 0 Å². The second-order valence-electron chi connectivity index (χ2n) is 5.18. The summed E-state index contributed by atoms with van der Waals surface area (Å²) in [4.78, 5) is 28.9. The molecule has 3 aromatic rings. The van der Waals surface area contributed by atoms with Gasteiger partial charge in [-0.15, -0.1) is 0 Å². The van der Waals surface area contributed by atoms with E-state index < -0.39 is 26.2 Å². The largest absolute Gasteiger partial charge is 0.285 e. The normalized spacial score (nSPS) is 13.2. The lowest BCUT2D eigenvalue weighted by molar-refractivity contribution is 0.103. The minimum absolute atomic E-state index is 0.00268. The van der Waals surface area contributed by atoms with Gasteiger partial charge in [0.2, 0.25) is 5.78 Å². The summed E-state index contributed by atoms with van der Waals surface area (Å²) in [6.07, 6.45) is 0. The summed E-state index contributed by atoms with van der Waals surface area (Å²) >= 11 is 0. The molecule has 24 heavy (non-hydrogen) atoms. The molecule has 0 unspecified atom stereocenters. The predicted octanol–water partition coefficient (Wildman–Crippen LogP) is 2.00. The van der Waals surface area contributed by atoms with Gasteiger partial charge in [-0.05, 0) is 30.3 Å². The van der Waals surface area contributed by atoms with Gasteiger partial charge in [0.15, 0.2) is 5.82 Å². The molecule has 0 atom stereocenters. The maximum atomic E-state index is 13.3. The molecule has 2 heterocycles. The van der Waals surface area contributed by atoms with Crippen LogP contribution in [0.5, 0.6) is 0 Å². The molecule has 2 aromatic carbocycles. The van der Waals surface area contributed by atoms with Crippen LogP contribution in [-0.4, -0.2) is 23.8 Å². The third kappa shape index (κ3) is 2.00. The van der Waals surface area contributed by atoms with Crippen molar-refractivity contribution in [3.05, 3.63) is 64.0 Å². The minimum Gasteiger partial charge on any atom is -0.285 e. The number of carbonyl (C=O) groups is 1. The van der Waals surface area contributed by atoms with Crippen LogP contribution >= 0.6 is 10.7 Å². The van der Waals surface area contributed by atoms with Crippen molar-refractivity contribution >= 4 is 36.4 Å². The summed E-state index contributed by atoms with van der Waals surface area (Å²) in [5.41, 5.74) is -0.277. The average Bonchev–Trinajstić information content (AvgIpc) is 2.79. The lowest BCUT2D eigenvalue weighted by Gasteiger charge is -2.05. The predicted molar refractivity (Wildman–Crippen MR) is 83.8 cm³/mol. The molecule has 0 radical (unpaired) electrons. The Bertz CT molecular complexity index is 1230. The Labute approximate surface area is 138 Å². The van der Waals surface area contributed by atoms with Gasteiger partial charge in [-0.2, -0.15) is 0 Å². The number of fused-ring (bicyclic) bond motifs is 4. The summed E-state index contributed by atoms with van der Waals surface area (Å²) in [6, 6.07) is 7.08. The molecule has 0 saturated carbocycles. The molecule has 0 fully saturated rings. The van der Waals surface area contributed by atoms with E-state index in [9.17, 15) is 22.4 Å². The zero-order valence-electron chi connectivity index (χ0n) is 11.7. The number of carbonyl (C=O) groups excluding carboxylic acids is 1. The quantitative estimate of drug-likeness (QED) is 0.482. The van der Waals surface area contributed by atoms with Crippen LogP contribution in [0, 0.1) is 5.82 Å². The number of nitrogens with zero attached hydrogens (tertiary/aromatic N) is 2.